The summed E-state index contributed by atoms with van der Waals surface area (Å²) in [5.74, 6) is -1.75. The molecule has 2 heterocycles. The summed E-state index contributed by atoms with van der Waals surface area (Å²) in [5, 5.41) is 3.40. The number of carbonyl (C=O) groups is 2. The molecule has 1 aromatic carbocycles. The Kier molecular flexibility index (Phi) is 5.78. The minimum atomic E-state index is -5.04. The van der Waals surface area contributed by atoms with E-state index in [1.165, 1.54) is 13.4 Å². The molecule has 1 spiro atoms. The van der Waals surface area contributed by atoms with Crippen molar-refractivity contribution in [3.8, 4) is 11.5 Å². The van der Waals surface area contributed by atoms with E-state index in [1.807, 2.05) is 0 Å². The fourth-order valence-electron chi connectivity index (χ4n) is 4.38. The summed E-state index contributed by atoms with van der Waals surface area (Å²) >= 11 is 6.14. The van der Waals surface area contributed by atoms with Crippen molar-refractivity contribution in [1.29, 1.82) is 0 Å². The number of methoxy groups -OCH3 is 1. The fourth-order valence-corrected chi connectivity index (χ4v) is 4.57. The van der Waals surface area contributed by atoms with Gasteiger partial charge in [0.2, 0.25) is 5.91 Å². The highest BCUT2D eigenvalue weighted by atomic mass is 35.5. The van der Waals surface area contributed by atoms with Crippen LogP contribution in [0.15, 0.2) is 18.5 Å². The number of hydrogen-bond acceptors (Lipinski definition) is 6. The molecule has 4 rings (SSSR count). The van der Waals surface area contributed by atoms with Crippen molar-refractivity contribution in [2.45, 2.75) is 43.5 Å². The van der Waals surface area contributed by atoms with E-state index in [9.17, 15) is 22.8 Å². The Morgan fingerprint density at radius 3 is 2.62 bits per heavy atom. The number of halogens is 4. The molecule has 1 aromatic heterocycles. The molecule has 8 nitrogen and oxygen atoms in total. The van der Waals surface area contributed by atoms with Crippen LogP contribution in [0, 0.1) is 0 Å². The number of rotatable bonds is 3. The number of carbonyl (C=O) groups excluding carboxylic acids is 2. The maximum Gasteiger partial charge on any atom is 0.471 e. The molecule has 1 saturated heterocycles. The first kappa shape index (κ1) is 22.4. The predicted octanol–water partition coefficient (Wildman–Crippen LogP) is 2.87. The van der Waals surface area contributed by atoms with Gasteiger partial charge >= 0.3 is 12.1 Å². The van der Waals surface area contributed by atoms with E-state index in [0.717, 1.165) is 0 Å². The van der Waals surface area contributed by atoms with Gasteiger partial charge in [-0.2, -0.15) is 13.2 Å². The largest absolute Gasteiger partial charge is 0.493 e. The van der Waals surface area contributed by atoms with Crippen LogP contribution in [-0.4, -0.2) is 64.7 Å². The SMILES string of the molecule is COc1cc2ncnc(Cl)c2cc1O[C@H]1CC[C@]2(CC1)C(=O)NCCN2C(=O)C(F)(F)F. The molecule has 0 unspecified atom stereocenters. The zero-order valence-electron chi connectivity index (χ0n) is 17.0. The summed E-state index contributed by atoms with van der Waals surface area (Å²) in [7, 11) is 1.47. The van der Waals surface area contributed by atoms with Crippen LogP contribution >= 0.6 is 11.6 Å². The third-order valence-electron chi connectivity index (χ3n) is 5.97. The lowest BCUT2D eigenvalue weighted by Gasteiger charge is -2.49. The Hall–Kier alpha value is -2.82. The lowest BCUT2D eigenvalue weighted by molar-refractivity contribution is -0.196. The molecular weight excluding hydrogens is 453 g/mol. The Morgan fingerprint density at radius 2 is 1.97 bits per heavy atom. The lowest BCUT2D eigenvalue weighted by Crippen LogP contribution is -2.69. The number of nitrogens with one attached hydrogen (secondary N) is 1. The summed E-state index contributed by atoms with van der Waals surface area (Å²) in [6, 6.07) is 3.30. The van der Waals surface area contributed by atoms with Crippen LogP contribution in [0.2, 0.25) is 5.15 Å². The topological polar surface area (TPSA) is 93.7 Å². The molecule has 0 atom stereocenters. The number of fused-ring (bicyclic) bond motifs is 1. The highest BCUT2D eigenvalue weighted by Crippen LogP contribution is 2.41. The lowest BCUT2D eigenvalue weighted by atomic mass is 9.77. The van der Waals surface area contributed by atoms with Crippen LogP contribution in [0.3, 0.4) is 0 Å². The van der Waals surface area contributed by atoms with Gasteiger partial charge in [0, 0.05) is 24.5 Å². The molecule has 12 heteroatoms. The first-order valence-corrected chi connectivity index (χ1v) is 10.4. The summed E-state index contributed by atoms with van der Waals surface area (Å²) in [5.41, 5.74) is -0.966. The van der Waals surface area contributed by atoms with E-state index < -0.39 is 29.6 Å². The molecule has 0 radical (unpaired) electrons. The minimum Gasteiger partial charge on any atom is -0.493 e. The Labute approximate surface area is 186 Å². The molecule has 1 N–H and O–H groups in total. The van der Waals surface area contributed by atoms with Crippen molar-refractivity contribution in [3.63, 3.8) is 0 Å². The predicted molar refractivity (Wildman–Crippen MR) is 107 cm³/mol. The van der Waals surface area contributed by atoms with Gasteiger partial charge in [0.25, 0.3) is 0 Å². The van der Waals surface area contributed by atoms with Crippen LogP contribution in [-0.2, 0) is 9.59 Å². The molecular formula is C20H20ClF3N4O4. The van der Waals surface area contributed by atoms with Crippen molar-refractivity contribution in [2.24, 2.45) is 0 Å². The number of amides is 2. The smallest absolute Gasteiger partial charge is 0.471 e. The number of aromatic nitrogens is 2. The molecule has 172 valence electrons. The Bertz CT molecular complexity index is 1060. The molecule has 1 aliphatic heterocycles. The number of nitrogens with zero attached hydrogens (tertiary/aromatic N) is 3. The second-order valence-electron chi connectivity index (χ2n) is 7.74. The summed E-state index contributed by atoms with van der Waals surface area (Å²) < 4.78 is 50.8. The van der Waals surface area contributed by atoms with Gasteiger partial charge in [0.15, 0.2) is 11.5 Å². The molecule has 0 bridgehead atoms. The average Bonchev–Trinajstić information content (AvgIpc) is 2.76. The van der Waals surface area contributed by atoms with Gasteiger partial charge in [-0.25, -0.2) is 9.97 Å². The number of ether oxygens (including phenoxy) is 2. The second kappa shape index (κ2) is 8.27. The highest BCUT2D eigenvalue weighted by Gasteiger charge is 2.56. The van der Waals surface area contributed by atoms with Gasteiger partial charge in [-0.15, -0.1) is 0 Å². The van der Waals surface area contributed by atoms with E-state index in [-0.39, 0.29) is 43.9 Å². The number of benzene rings is 1. The van der Waals surface area contributed by atoms with E-state index in [1.54, 1.807) is 12.1 Å². The van der Waals surface area contributed by atoms with Crippen LogP contribution in [0.4, 0.5) is 13.2 Å². The van der Waals surface area contributed by atoms with E-state index >= 15 is 0 Å². The number of hydrogen-bond donors (Lipinski definition) is 1. The second-order valence-corrected chi connectivity index (χ2v) is 8.10. The van der Waals surface area contributed by atoms with Gasteiger partial charge in [-0.1, -0.05) is 11.6 Å². The van der Waals surface area contributed by atoms with E-state index in [4.69, 9.17) is 21.1 Å². The van der Waals surface area contributed by atoms with E-state index in [0.29, 0.717) is 27.3 Å². The maximum atomic E-state index is 13.1. The van der Waals surface area contributed by atoms with Crippen molar-refractivity contribution in [1.82, 2.24) is 20.2 Å². The molecule has 2 aromatic rings. The Morgan fingerprint density at radius 1 is 1.25 bits per heavy atom. The average molecular weight is 473 g/mol. The normalized spacial score (nSPS) is 23.8. The maximum absolute atomic E-state index is 13.1. The van der Waals surface area contributed by atoms with E-state index in [2.05, 4.69) is 15.3 Å². The van der Waals surface area contributed by atoms with Gasteiger partial charge < -0.3 is 19.7 Å². The monoisotopic (exact) mass is 472 g/mol. The van der Waals surface area contributed by atoms with Crippen molar-refractivity contribution >= 4 is 34.3 Å². The minimum absolute atomic E-state index is 0.0144. The number of alkyl halides is 3. The third kappa shape index (κ3) is 3.89. The molecule has 1 aliphatic carbocycles. The third-order valence-corrected chi connectivity index (χ3v) is 6.27. The van der Waals surface area contributed by atoms with Crippen LogP contribution in [0.5, 0.6) is 11.5 Å². The first-order chi connectivity index (χ1) is 15.2. The Balaban J connectivity index is 1.55. The fraction of sp³-hybridized carbons (Fsp3) is 0.500. The van der Waals surface area contributed by atoms with Crippen molar-refractivity contribution < 1.29 is 32.2 Å². The molecule has 2 fully saturated rings. The first-order valence-electron chi connectivity index (χ1n) is 9.98. The standard InChI is InChI=1S/C20H20ClF3N4O4/c1-31-14-9-13-12(16(21)27-10-26-13)8-15(14)32-11-2-4-19(5-3-11)17(29)25-6-7-28(19)18(30)20(22,23)24/h8-11H,2-7H2,1H3,(H,25,29)/t11-,19-. The summed E-state index contributed by atoms with van der Waals surface area (Å²) in [6.45, 7) is -0.202. The van der Waals surface area contributed by atoms with Crippen LogP contribution < -0.4 is 14.8 Å². The van der Waals surface area contributed by atoms with Gasteiger partial charge in [-0.05, 0) is 31.7 Å². The molecule has 2 aliphatic rings. The zero-order valence-corrected chi connectivity index (χ0v) is 17.8. The summed E-state index contributed by atoms with van der Waals surface area (Å²) in [4.78, 5) is 33.4. The van der Waals surface area contributed by atoms with Crippen LogP contribution in [0.25, 0.3) is 10.9 Å². The number of piperazine rings is 1. The van der Waals surface area contributed by atoms with Crippen LogP contribution in [0.1, 0.15) is 25.7 Å². The quantitative estimate of drug-likeness (QED) is 0.690. The highest BCUT2D eigenvalue weighted by molar-refractivity contribution is 6.34. The molecule has 2 amide bonds. The van der Waals surface area contributed by atoms with Gasteiger partial charge in [0.1, 0.15) is 17.0 Å². The van der Waals surface area contributed by atoms with Gasteiger partial charge in [0.05, 0.1) is 18.7 Å². The summed E-state index contributed by atoms with van der Waals surface area (Å²) in [6.07, 6.45) is -3.47. The van der Waals surface area contributed by atoms with Crippen molar-refractivity contribution in [2.75, 3.05) is 20.2 Å². The van der Waals surface area contributed by atoms with Gasteiger partial charge in [-0.3, -0.25) is 9.59 Å². The molecule has 1 saturated carbocycles. The molecule has 32 heavy (non-hydrogen) atoms. The van der Waals surface area contributed by atoms with Crippen molar-refractivity contribution in [3.05, 3.63) is 23.6 Å². The zero-order chi connectivity index (χ0) is 23.1.